The molecule has 1 N–H and O–H groups in total. The van der Waals surface area contributed by atoms with Crippen molar-refractivity contribution in [2.45, 2.75) is 19.4 Å². The van der Waals surface area contributed by atoms with Gasteiger partial charge in [-0.2, -0.15) is 0 Å². The smallest absolute Gasteiger partial charge is 0.186 e. The second kappa shape index (κ2) is 7.70. The molecule has 0 amide bonds. The summed E-state index contributed by atoms with van der Waals surface area (Å²) in [7, 11) is 0. The fraction of sp³-hybridized carbons (Fsp3) is 0.125. The maximum Gasteiger partial charge on any atom is 0.186 e. The molecule has 0 unspecified atom stereocenters. The molecule has 3 heterocycles. The highest BCUT2D eigenvalue weighted by molar-refractivity contribution is 8.19. The van der Waals surface area contributed by atoms with Gasteiger partial charge in [-0.1, -0.05) is 60.3 Å². The van der Waals surface area contributed by atoms with Gasteiger partial charge in [-0.25, -0.2) is 4.98 Å². The summed E-state index contributed by atoms with van der Waals surface area (Å²) in [6.45, 7) is 2.87. The van der Waals surface area contributed by atoms with Crippen LogP contribution < -0.4 is 0 Å². The molecule has 2 aromatic heterocycles. The fourth-order valence-corrected chi connectivity index (χ4v) is 5.72. The number of rotatable bonds is 4. The molecule has 148 valence electrons. The molecular formula is C24H19N3OS2. The number of allylic oxidation sites excluding steroid dienone is 1. The Labute approximate surface area is 182 Å². The van der Waals surface area contributed by atoms with Crippen LogP contribution in [0.3, 0.4) is 0 Å². The topological polar surface area (TPSA) is 58.7 Å². The molecule has 1 aliphatic rings. The number of hydrogen-bond acceptors (Lipinski definition) is 5. The highest BCUT2D eigenvalue weighted by Crippen LogP contribution is 2.42. The number of benzene rings is 2. The van der Waals surface area contributed by atoms with E-state index < -0.39 is 5.92 Å². The van der Waals surface area contributed by atoms with E-state index >= 15 is 0 Å². The van der Waals surface area contributed by atoms with E-state index in [-0.39, 0.29) is 5.78 Å². The normalized spacial score (nSPS) is 18.0. The molecule has 0 bridgehead atoms. The lowest BCUT2D eigenvalue weighted by Crippen LogP contribution is -2.11. The summed E-state index contributed by atoms with van der Waals surface area (Å²) in [6.07, 6.45) is 3.66. The largest absolute Gasteiger partial charge is 0.340 e. The zero-order valence-electron chi connectivity index (χ0n) is 16.3. The van der Waals surface area contributed by atoms with Crippen LogP contribution in [0.2, 0.25) is 0 Å². The van der Waals surface area contributed by atoms with Gasteiger partial charge in [0.1, 0.15) is 10.9 Å². The third-order valence-electron chi connectivity index (χ3n) is 5.42. The summed E-state index contributed by atoms with van der Waals surface area (Å²) in [4.78, 5) is 18.0. The van der Waals surface area contributed by atoms with Gasteiger partial charge >= 0.3 is 0 Å². The van der Waals surface area contributed by atoms with Gasteiger partial charge < -0.3 is 4.57 Å². The number of nitrogens with zero attached hydrogens (tertiary/aromatic N) is 2. The Balaban J connectivity index is 1.59. The minimum Gasteiger partial charge on any atom is -0.340 e. The van der Waals surface area contributed by atoms with Gasteiger partial charge in [0.2, 0.25) is 0 Å². The minimum absolute atomic E-state index is 0.0285. The van der Waals surface area contributed by atoms with E-state index in [1.165, 1.54) is 28.7 Å². The number of ketones is 1. The number of carbonyl (C=O) groups excluding carboxylic acids is 1. The number of thiazole rings is 1. The molecule has 0 saturated carbocycles. The number of carbonyl (C=O) groups is 1. The zero-order valence-corrected chi connectivity index (χ0v) is 18.0. The number of hydrogen-bond donors (Lipinski definition) is 1. The first-order valence-corrected chi connectivity index (χ1v) is 11.4. The third-order valence-corrected chi connectivity index (χ3v) is 7.26. The fourth-order valence-electron chi connectivity index (χ4n) is 3.93. The second-order valence-corrected chi connectivity index (χ2v) is 9.24. The van der Waals surface area contributed by atoms with Crippen LogP contribution in [0.5, 0.6) is 0 Å². The van der Waals surface area contributed by atoms with Crippen LogP contribution >= 0.6 is 23.1 Å². The number of fused-ring (bicyclic) bond motifs is 1. The molecule has 2 aromatic carbocycles. The van der Waals surface area contributed by atoms with Crippen molar-refractivity contribution in [3.8, 4) is 0 Å². The Morgan fingerprint density at radius 1 is 1.13 bits per heavy atom. The molecule has 5 rings (SSSR count). The van der Waals surface area contributed by atoms with Crippen molar-refractivity contribution in [3.05, 3.63) is 92.9 Å². The monoisotopic (exact) mass is 429 g/mol. The van der Waals surface area contributed by atoms with Crippen LogP contribution in [0, 0.1) is 12.3 Å². The standard InChI is InChI=1S/C24H19N3OS2/c1-15-18(13-20-22(28)21(23(25)30-20)24-26-11-12-29-24)17-9-5-6-10-19(17)27(15)14-16-7-3-2-4-8-16/h2-13,21,25H,14H2,1H3/b20-13-,25-23?/t21-/m1/s1. The number of thioether (sulfide) groups is 1. The van der Waals surface area contributed by atoms with E-state index in [0.29, 0.717) is 15.0 Å². The van der Waals surface area contributed by atoms with Crippen molar-refractivity contribution in [1.29, 1.82) is 5.41 Å². The Hall–Kier alpha value is -2.96. The van der Waals surface area contributed by atoms with Gasteiger partial charge in [0.25, 0.3) is 0 Å². The molecule has 0 aliphatic carbocycles. The van der Waals surface area contributed by atoms with Crippen molar-refractivity contribution in [2.75, 3.05) is 0 Å². The molecule has 0 spiro atoms. The van der Waals surface area contributed by atoms with Crippen molar-refractivity contribution in [3.63, 3.8) is 0 Å². The lowest BCUT2D eigenvalue weighted by atomic mass is 10.0. The molecular weight excluding hydrogens is 410 g/mol. The van der Waals surface area contributed by atoms with Crippen molar-refractivity contribution in [1.82, 2.24) is 9.55 Å². The van der Waals surface area contributed by atoms with Gasteiger partial charge in [-0.05, 0) is 24.6 Å². The van der Waals surface area contributed by atoms with Crippen molar-refractivity contribution >= 4 is 50.9 Å². The molecule has 0 radical (unpaired) electrons. The van der Waals surface area contributed by atoms with Gasteiger partial charge in [0, 0.05) is 40.3 Å². The Bertz CT molecular complexity index is 1290. The van der Waals surface area contributed by atoms with Crippen LogP contribution in [-0.2, 0) is 11.3 Å². The van der Waals surface area contributed by atoms with Crippen LogP contribution in [0.1, 0.15) is 27.7 Å². The SMILES string of the molecule is Cc1c(/C=C2\SC(=N)[C@H](c3nccs3)C2=O)c2ccccc2n1Cc1ccccc1. The van der Waals surface area contributed by atoms with Crippen LogP contribution in [0.15, 0.2) is 71.1 Å². The number of Topliss-reactive ketones (excluding diaryl/α,β-unsaturated/α-hetero) is 1. The van der Waals surface area contributed by atoms with Gasteiger partial charge in [-0.3, -0.25) is 10.2 Å². The molecule has 4 aromatic rings. The van der Waals surface area contributed by atoms with Crippen LogP contribution in [0.4, 0.5) is 0 Å². The average Bonchev–Trinajstić information content (AvgIpc) is 3.44. The van der Waals surface area contributed by atoms with Gasteiger partial charge in [0.15, 0.2) is 5.78 Å². The van der Waals surface area contributed by atoms with E-state index in [9.17, 15) is 4.79 Å². The third kappa shape index (κ3) is 3.22. The minimum atomic E-state index is -0.556. The lowest BCUT2D eigenvalue weighted by molar-refractivity contribution is -0.114. The number of para-hydroxylation sites is 1. The van der Waals surface area contributed by atoms with Crippen molar-refractivity contribution in [2.24, 2.45) is 0 Å². The van der Waals surface area contributed by atoms with Crippen LogP contribution in [0.25, 0.3) is 17.0 Å². The number of nitrogens with one attached hydrogen (secondary N) is 1. The highest BCUT2D eigenvalue weighted by Gasteiger charge is 2.38. The first kappa shape index (κ1) is 19.0. The molecule has 30 heavy (non-hydrogen) atoms. The van der Waals surface area contributed by atoms with Crippen molar-refractivity contribution < 1.29 is 4.79 Å². The lowest BCUT2D eigenvalue weighted by Gasteiger charge is -2.08. The first-order valence-electron chi connectivity index (χ1n) is 9.67. The molecule has 4 nitrogen and oxygen atoms in total. The molecule has 1 saturated heterocycles. The van der Waals surface area contributed by atoms with Gasteiger partial charge in [-0.15, -0.1) is 11.3 Å². The zero-order chi connectivity index (χ0) is 20.7. The highest BCUT2D eigenvalue weighted by atomic mass is 32.2. The number of aromatic nitrogens is 2. The maximum atomic E-state index is 13.1. The van der Waals surface area contributed by atoms with E-state index in [1.54, 1.807) is 6.20 Å². The molecule has 1 fully saturated rings. The quantitative estimate of drug-likeness (QED) is 0.413. The molecule has 6 heteroatoms. The van der Waals surface area contributed by atoms with E-state index in [4.69, 9.17) is 5.41 Å². The summed E-state index contributed by atoms with van der Waals surface area (Å²) in [5.74, 6) is -0.585. The van der Waals surface area contributed by atoms with Gasteiger partial charge in [0.05, 0.1) is 9.95 Å². The Kier molecular flexibility index (Phi) is 4.89. The van der Waals surface area contributed by atoms with Crippen LogP contribution in [-0.4, -0.2) is 20.4 Å². The summed E-state index contributed by atoms with van der Waals surface area (Å²) in [6, 6.07) is 18.7. The predicted molar refractivity (Wildman–Crippen MR) is 125 cm³/mol. The van der Waals surface area contributed by atoms with E-state index in [0.717, 1.165) is 28.7 Å². The maximum absolute atomic E-state index is 13.1. The summed E-state index contributed by atoms with van der Waals surface area (Å²) >= 11 is 2.69. The average molecular weight is 430 g/mol. The van der Waals surface area contributed by atoms with E-state index in [1.807, 2.05) is 29.7 Å². The second-order valence-electron chi connectivity index (χ2n) is 7.23. The Morgan fingerprint density at radius 2 is 1.90 bits per heavy atom. The Morgan fingerprint density at radius 3 is 2.67 bits per heavy atom. The summed E-state index contributed by atoms with van der Waals surface area (Å²) < 4.78 is 2.30. The summed E-state index contributed by atoms with van der Waals surface area (Å²) in [5, 5.41) is 12.4. The first-order chi connectivity index (χ1) is 14.6. The van der Waals surface area contributed by atoms with E-state index in [2.05, 4.69) is 52.9 Å². The predicted octanol–water partition coefficient (Wildman–Crippen LogP) is 5.87. The molecule has 1 aliphatic heterocycles. The summed E-state index contributed by atoms with van der Waals surface area (Å²) in [5.41, 5.74) is 4.54. The molecule has 1 atom stereocenters.